The van der Waals surface area contributed by atoms with E-state index in [0.717, 1.165) is 30.5 Å². The topological polar surface area (TPSA) is 55.8 Å². The molecule has 1 amide bonds. The predicted molar refractivity (Wildman–Crippen MR) is 110 cm³/mol. The Bertz CT molecular complexity index is 987. The molecule has 176 valence electrons. The van der Waals surface area contributed by atoms with E-state index in [4.69, 9.17) is 4.74 Å². The number of ketones is 1. The highest BCUT2D eigenvalue weighted by molar-refractivity contribution is 5.98. The van der Waals surface area contributed by atoms with Crippen molar-refractivity contribution in [2.75, 3.05) is 0 Å². The van der Waals surface area contributed by atoms with Crippen LogP contribution in [0, 0.1) is 5.92 Å². The van der Waals surface area contributed by atoms with Gasteiger partial charge < -0.3 is 14.4 Å². The average Bonchev–Trinajstić information content (AvgIpc) is 3.06. The van der Waals surface area contributed by atoms with E-state index in [1.165, 1.54) is 12.1 Å². The van der Waals surface area contributed by atoms with Gasteiger partial charge in [0, 0.05) is 23.6 Å². The molecule has 0 radical (unpaired) electrons. The first-order chi connectivity index (χ1) is 15.7. The van der Waals surface area contributed by atoms with Gasteiger partial charge in [0.15, 0.2) is 5.78 Å². The molecule has 2 heterocycles. The van der Waals surface area contributed by atoms with Gasteiger partial charge >= 0.3 is 18.6 Å². The van der Waals surface area contributed by atoms with E-state index in [0.29, 0.717) is 12.8 Å². The Hall–Kier alpha value is -3.10. The first kappa shape index (κ1) is 23.1. The van der Waals surface area contributed by atoms with Crippen LogP contribution in [-0.4, -0.2) is 41.4 Å². The molecule has 2 aliphatic heterocycles. The first-order valence-corrected chi connectivity index (χ1v) is 10.7. The van der Waals surface area contributed by atoms with Crippen LogP contribution in [0.3, 0.4) is 0 Å². The fourth-order valence-electron chi connectivity index (χ4n) is 4.63. The molecule has 0 N–H and O–H groups in total. The smallest absolute Gasteiger partial charge is 0.445 e. The Kier molecular flexibility index (Phi) is 6.58. The van der Waals surface area contributed by atoms with Crippen LogP contribution in [0.1, 0.15) is 41.6 Å². The maximum atomic E-state index is 13.2. The molecule has 2 aromatic carbocycles. The zero-order valence-electron chi connectivity index (χ0n) is 17.6. The summed E-state index contributed by atoms with van der Waals surface area (Å²) >= 11 is 0. The molecule has 2 aliphatic rings. The van der Waals surface area contributed by atoms with Crippen LogP contribution >= 0.6 is 0 Å². The van der Waals surface area contributed by atoms with E-state index in [-0.39, 0.29) is 30.0 Å². The fourth-order valence-corrected chi connectivity index (χ4v) is 4.63. The van der Waals surface area contributed by atoms with Crippen LogP contribution in [-0.2, 0) is 11.3 Å². The number of amides is 1. The predicted octanol–water partition coefficient (Wildman–Crippen LogP) is 5.69. The van der Waals surface area contributed by atoms with Crippen molar-refractivity contribution < 1.29 is 36.6 Å². The second kappa shape index (κ2) is 9.41. The molecule has 0 aliphatic carbocycles. The number of carbonyl (C=O) groups excluding carboxylic acids is 2. The lowest BCUT2D eigenvalue weighted by Crippen LogP contribution is -2.48. The summed E-state index contributed by atoms with van der Waals surface area (Å²) < 4.78 is 60.8. The summed E-state index contributed by atoms with van der Waals surface area (Å²) in [5, 5.41) is 0. The van der Waals surface area contributed by atoms with Crippen LogP contribution in [0.15, 0.2) is 54.6 Å². The Morgan fingerprint density at radius 2 is 1.67 bits per heavy atom. The van der Waals surface area contributed by atoms with E-state index < -0.39 is 30.3 Å². The average molecular weight is 465 g/mol. The summed E-state index contributed by atoms with van der Waals surface area (Å²) in [5.41, 5.74) is 0.991. The minimum atomic E-state index is -4.65. The van der Waals surface area contributed by atoms with Gasteiger partial charge in [-0.3, -0.25) is 4.79 Å². The zero-order valence-corrected chi connectivity index (χ0v) is 17.6. The van der Waals surface area contributed by atoms with Gasteiger partial charge in [0.05, 0.1) is 0 Å². The number of hydrogen-bond donors (Lipinski definition) is 0. The molecule has 9 heteroatoms. The molecule has 2 bridgehead atoms. The largest absolute Gasteiger partial charge is 0.461 e. The number of rotatable bonds is 7. The van der Waals surface area contributed by atoms with E-state index in [9.17, 15) is 27.2 Å². The molecule has 2 saturated heterocycles. The maximum Gasteiger partial charge on any atom is 0.461 e. The third-order valence-electron chi connectivity index (χ3n) is 6.15. The van der Waals surface area contributed by atoms with Gasteiger partial charge in [-0.15, -0.1) is 0 Å². The lowest BCUT2D eigenvalue weighted by molar-refractivity contribution is -0.253. The van der Waals surface area contributed by atoms with Gasteiger partial charge in [0.1, 0.15) is 12.4 Å². The molecule has 4 rings (SSSR count). The number of fused-ring (bicyclic) bond motifs is 2. The van der Waals surface area contributed by atoms with Gasteiger partial charge in [0.25, 0.3) is 0 Å². The van der Waals surface area contributed by atoms with Crippen LogP contribution in [0.25, 0.3) is 0 Å². The molecular formula is C24H23F4NO4. The second-order valence-electron chi connectivity index (χ2n) is 8.36. The van der Waals surface area contributed by atoms with Crippen LogP contribution < -0.4 is 4.74 Å². The first-order valence-electron chi connectivity index (χ1n) is 10.7. The molecule has 5 nitrogen and oxygen atoms in total. The van der Waals surface area contributed by atoms with Crippen molar-refractivity contribution in [3.63, 3.8) is 0 Å². The van der Waals surface area contributed by atoms with Gasteiger partial charge in [-0.25, -0.2) is 4.79 Å². The summed E-state index contributed by atoms with van der Waals surface area (Å²) in [5.74, 6) is -1.20. The summed E-state index contributed by atoms with van der Waals surface area (Å²) in [6.45, 7) is 0.161. The highest BCUT2D eigenvalue weighted by Crippen LogP contribution is 2.40. The van der Waals surface area contributed by atoms with Gasteiger partial charge in [0.2, 0.25) is 0 Å². The lowest BCUT2D eigenvalue weighted by atomic mass is 9.85. The SMILES string of the molecule is O=C(c1cccc(OC(F)(F)C(F)F)c1)C1CC2CCC(C1)N2C(=O)OCc1ccccc1. The van der Waals surface area contributed by atoms with Crippen LogP contribution in [0.4, 0.5) is 22.4 Å². The summed E-state index contributed by atoms with van der Waals surface area (Å²) in [4.78, 5) is 27.4. The molecule has 33 heavy (non-hydrogen) atoms. The molecule has 2 unspecified atom stereocenters. The molecule has 2 fully saturated rings. The molecule has 2 atom stereocenters. The molecular weight excluding hydrogens is 442 g/mol. The number of alkyl halides is 4. The number of piperidine rings is 1. The Morgan fingerprint density at radius 3 is 2.30 bits per heavy atom. The third-order valence-corrected chi connectivity index (χ3v) is 6.15. The summed E-state index contributed by atoms with van der Waals surface area (Å²) in [6, 6.07) is 13.9. The van der Waals surface area contributed by atoms with Crippen LogP contribution in [0.2, 0.25) is 0 Å². The quantitative estimate of drug-likeness (QED) is 0.390. The normalized spacial score (nSPS) is 22.3. The van der Waals surface area contributed by atoms with Gasteiger partial charge in [-0.05, 0) is 43.4 Å². The minimum absolute atomic E-state index is 0.113. The number of ether oxygens (including phenoxy) is 2. The van der Waals surface area contributed by atoms with E-state index in [1.54, 1.807) is 4.90 Å². The van der Waals surface area contributed by atoms with Crippen LogP contribution in [0.5, 0.6) is 5.75 Å². The standard InChI is InChI=1S/C24H23F4NO4/c25-22(26)24(27,28)33-20-8-4-7-16(13-20)21(30)17-11-18-9-10-19(12-17)29(18)23(31)32-14-15-5-2-1-3-6-15/h1-8,13,17-19,22H,9-12,14H2. The minimum Gasteiger partial charge on any atom is -0.445 e. The van der Waals surface area contributed by atoms with Gasteiger partial charge in [-0.1, -0.05) is 42.5 Å². The van der Waals surface area contributed by atoms with Gasteiger partial charge in [-0.2, -0.15) is 17.6 Å². The highest BCUT2D eigenvalue weighted by Gasteiger charge is 2.46. The number of nitrogens with zero attached hydrogens (tertiary/aromatic N) is 1. The lowest BCUT2D eigenvalue weighted by Gasteiger charge is -2.37. The maximum absolute atomic E-state index is 13.2. The van der Waals surface area contributed by atoms with Crippen molar-refractivity contribution in [2.45, 2.75) is 56.9 Å². The fraction of sp³-hybridized carbons (Fsp3) is 0.417. The highest BCUT2D eigenvalue weighted by atomic mass is 19.3. The van der Waals surface area contributed by atoms with Crippen molar-refractivity contribution in [3.05, 3.63) is 65.7 Å². The number of Topliss-reactive ketones (excluding diaryl/α,β-unsaturated/α-hetero) is 1. The zero-order chi connectivity index (χ0) is 23.6. The number of hydrogen-bond acceptors (Lipinski definition) is 4. The summed E-state index contributed by atoms with van der Waals surface area (Å²) in [6.07, 6.45) is -6.70. The van der Waals surface area contributed by atoms with E-state index in [2.05, 4.69) is 4.74 Å². The molecule has 0 spiro atoms. The Balaban J connectivity index is 1.39. The number of carbonyl (C=O) groups is 2. The van der Waals surface area contributed by atoms with E-state index in [1.807, 2.05) is 30.3 Å². The molecule has 0 saturated carbocycles. The van der Waals surface area contributed by atoms with Crippen molar-refractivity contribution >= 4 is 11.9 Å². The number of benzene rings is 2. The summed E-state index contributed by atoms with van der Waals surface area (Å²) in [7, 11) is 0. The molecule has 2 aromatic rings. The van der Waals surface area contributed by atoms with Crippen molar-refractivity contribution in [1.82, 2.24) is 4.90 Å². The van der Waals surface area contributed by atoms with Crippen molar-refractivity contribution in [1.29, 1.82) is 0 Å². The molecule has 0 aromatic heterocycles. The second-order valence-corrected chi connectivity index (χ2v) is 8.36. The van der Waals surface area contributed by atoms with Crippen molar-refractivity contribution in [2.24, 2.45) is 5.92 Å². The Morgan fingerprint density at radius 1 is 1.00 bits per heavy atom. The Labute approximate surface area is 188 Å². The van der Waals surface area contributed by atoms with E-state index >= 15 is 0 Å². The monoisotopic (exact) mass is 465 g/mol. The van der Waals surface area contributed by atoms with Crippen molar-refractivity contribution in [3.8, 4) is 5.75 Å². The third kappa shape index (κ3) is 5.12. The number of halogens is 4.